The van der Waals surface area contributed by atoms with E-state index in [0.717, 1.165) is 44.2 Å². The predicted molar refractivity (Wildman–Crippen MR) is 163 cm³/mol. The molecule has 0 N–H and O–H groups in total. The van der Waals surface area contributed by atoms with Crippen LogP contribution >= 0.6 is 20.7 Å². The number of fused-ring (bicyclic) bond motifs is 6. The molecular weight excluding hydrogens is 489 g/mol. The maximum atomic E-state index is 9.40. The van der Waals surface area contributed by atoms with Crippen LogP contribution in [0.4, 0.5) is 0 Å². The Morgan fingerprint density at radius 1 is 0.568 bits per heavy atom. The van der Waals surface area contributed by atoms with E-state index in [1.54, 1.807) is 0 Å². The number of nitrogens with zero attached hydrogens (tertiary/aromatic N) is 1. The van der Waals surface area contributed by atoms with E-state index in [2.05, 4.69) is 112 Å². The molecule has 0 fully saturated rings. The molecule has 37 heavy (non-hydrogen) atoms. The van der Waals surface area contributed by atoms with Gasteiger partial charge in [-0.25, -0.2) is 0 Å². The Balaban J connectivity index is 0.00000123. The Labute approximate surface area is 222 Å². The number of benzene rings is 6. The van der Waals surface area contributed by atoms with Crippen molar-refractivity contribution in [3.05, 3.63) is 121 Å². The van der Waals surface area contributed by atoms with Crippen LogP contribution in [0.2, 0.25) is 0 Å². The molecule has 176 valence electrons. The van der Waals surface area contributed by atoms with Gasteiger partial charge in [0, 0.05) is 16.3 Å². The molecule has 1 aromatic heterocycles. The molecule has 4 heteroatoms. The van der Waals surface area contributed by atoms with Crippen LogP contribution in [0, 0.1) is 11.3 Å². The molecule has 0 amide bonds. The summed E-state index contributed by atoms with van der Waals surface area (Å²) in [6.07, 6.45) is 0. The van der Waals surface area contributed by atoms with Crippen LogP contribution in [0.25, 0.3) is 65.7 Å². The average Bonchev–Trinajstić information content (AvgIpc) is 3.36. The van der Waals surface area contributed by atoms with Gasteiger partial charge in [0.1, 0.15) is 11.2 Å². The summed E-state index contributed by atoms with van der Waals surface area (Å²) in [4.78, 5) is 0. The van der Waals surface area contributed by atoms with E-state index in [0.29, 0.717) is 5.56 Å². The van der Waals surface area contributed by atoms with Gasteiger partial charge in [-0.3, -0.25) is 0 Å². The number of hydrogen-bond donors (Lipinski definition) is 1. The number of hydrogen-bond acceptors (Lipinski definition) is 3. The standard InChI is InChI=1S/C33H19NO.H3PS/c34-20-21-7-5-8-22(17-21)30-19-24-16-15-23(18-31(24)27-10-2-1-9-26(27)30)25-12-6-13-29-28-11-3-4-14-32(28)35-33(25)29;1-2/h1-19H;2H,1H2. The molecule has 0 bridgehead atoms. The number of rotatable bonds is 2. The van der Waals surface area contributed by atoms with Gasteiger partial charge in [-0.15, -0.1) is 0 Å². The van der Waals surface area contributed by atoms with Gasteiger partial charge in [0.2, 0.25) is 0 Å². The van der Waals surface area contributed by atoms with E-state index >= 15 is 0 Å². The molecule has 0 saturated carbocycles. The fraction of sp³-hybridized carbons (Fsp3) is 0. The molecule has 6 aromatic carbocycles. The zero-order valence-corrected chi connectivity index (χ0v) is 21.9. The molecule has 7 aromatic rings. The van der Waals surface area contributed by atoms with Gasteiger partial charge in [0.15, 0.2) is 0 Å². The highest BCUT2D eigenvalue weighted by Gasteiger charge is 2.14. The maximum Gasteiger partial charge on any atom is 0.143 e. The number of furan rings is 1. The summed E-state index contributed by atoms with van der Waals surface area (Å²) < 4.78 is 6.31. The minimum Gasteiger partial charge on any atom is -0.455 e. The van der Waals surface area contributed by atoms with Crippen molar-refractivity contribution in [3.8, 4) is 28.3 Å². The van der Waals surface area contributed by atoms with Crippen LogP contribution in [0.1, 0.15) is 5.56 Å². The van der Waals surface area contributed by atoms with Crippen LogP contribution in [-0.2, 0) is 0 Å². The normalized spacial score (nSPS) is 10.9. The molecule has 0 radical (unpaired) electrons. The fourth-order valence-electron chi connectivity index (χ4n) is 5.24. The van der Waals surface area contributed by atoms with Crippen molar-refractivity contribution in [1.82, 2.24) is 0 Å². The molecule has 0 aliphatic rings. The summed E-state index contributed by atoms with van der Waals surface area (Å²) in [7, 11) is 2.11. The van der Waals surface area contributed by atoms with E-state index in [1.165, 1.54) is 21.5 Å². The van der Waals surface area contributed by atoms with Crippen LogP contribution in [0.5, 0.6) is 0 Å². The third kappa shape index (κ3) is 3.96. The van der Waals surface area contributed by atoms with E-state index in [4.69, 9.17) is 4.42 Å². The van der Waals surface area contributed by atoms with Crippen molar-refractivity contribution in [2.45, 2.75) is 0 Å². The number of thiol groups is 1. The summed E-state index contributed by atoms with van der Waals surface area (Å²) in [6, 6.07) is 42.0. The van der Waals surface area contributed by atoms with E-state index in [9.17, 15) is 5.26 Å². The molecule has 7 rings (SSSR count). The average molecular weight is 512 g/mol. The first-order chi connectivity index (χ1) is 18.3. The van der Waals surface area contributed by atoms with Crippen molar-refractivity contribution in [1.29, 1.82) is 5.26 Å². The summed E-state index contributed by atoms with van der Waals surface area (Å²) in [6.45, 7) is 0. The second kappa shape index (κ2) is 9.75. The summed E-state index contributed by atoms with van der Waals surface area (Å²) in [5.74, 6) is 0. The Morgan fingerprint density at radius 2 is 1.27 bits per heavy atom. The molecular formula is C33H22NOPS. The SMILES string of the molecule is N#Cc1cccc(-c2cc3ccc(-c4cccc5c4oc4ccccc45)cc3c3ccccc23)c1.PS. The first kappa shape index (κ1) is 23.3. The monoisotopic (exact) mass is 511 g/mol. The number of para-hydroxylation sites is 2. The molecule has 0 spiro atoms. The van der Waals surface area contributed by atoms with E-state index < -0.39 is 0 Å². The minimum atomic E-state index is 0.668. The Kier molecular flexibility index (Phi) is 6.15. The van der Waals surface area contributed by atoms with E-state index in [-0.39, 0.29) is 0 Å². The molecule has 0 aliphatic heterocycles. The summed E-state index contributed by atoms with van der Waals surface area (Å²) in [5.41, 5.74) is 6.91. The topological polar surface area (TPSA) is 36.9 Å². The zero-order valence-electron chi connectivity index (χ0n) is 19.8. The zero-order chi connectivity index (χ0) is 25.4. The number of nitriles is 1. The highest BCUT2D eigenvalue weighted by atomic mass is 32.7. The first-order valence-corrected chi connectivity index (χ1v) is 14.0. The van der Waals surface area contributed by atoms with E-state index in [1.807, 2.05) is 30.3 Å². The van der Waals surface area contributed by atoms with Crippen LogP contribution in [0.3, 0.4) is 0 Å². The van der Waals surface area contributed by atoms with Gasteiger partial charge in [-0.05, 0) is 68.6 Å². The smallest absolute Gasteiger partial charge is 0.143 e. The van der Waals surface area contributed by atoms with Crippen LogP contribution in [0.15, 0.2) is 120 Å². The highest BCUT2D eigenvalue weighted by molar-refractivity contribution is 8.31. The van der Waals surface area contributed by atoms with Gasteiger partial charge in [-0.1, -0.05) is 93.4 Å². The van der Waals surface area contributed by atoms with Crippen molar-refractivity contribution >= 4 is 64.2 Å². The highest BCUT2D eigenvalue weighted by Crippen LogP contribution is 2.39. The van der Waals surface area contributed by atoms with Crippen LogP contribution < -0.4 is 0 Å². The fourth-order valence-corrected chi connectivity index (χ4v) is 5.24. The molecule has 1 atom stereocenters. The third-order valence-corrected chi connectivity index (χ3v) is 6.88. The Bertz CT molecular complexity index is 1980. The van der Waals surface area contributed by atoms with Gasteiger partial charge in [0.05, 0.1) is 11.6 Å². The van der Waals surface area contributed by atoms with Gasteiger partial charge in [-0.2, -0.15) is 17.5 Å². The lowest BCUT2D eigenvalue weighted by Crippen LogP contribution is -1.87. The molecule has 1 heterocycles. The lowest BCUT2D eigenvalue weighted by Gasteiger charge is -2.13. The summed E-state index contributed by atoms with van der Waals surface area (Å²) >= 11 is 3.44. The Morgan fingerprint density at radius 3 is 2.11 bits per heavy atom. The largest absolute Gasteiger partial charge is 0.455 e. The molecule has 1 unspecified atom stereocenters. The summed E-state index contributed by atoms with van der Waals surface area (Å²) in [5, 5.41) is 16.4. The lowest BCUT2D eigenvalue weighted by atomic mass is 9.91. The van der Waals surface area contributed by atoms with Crippen molar-refractivity contribution in [2.24, 2.45) is 0 Å². The Hall–Kier alpha value is -4.09. The maximum absolute atomic E-state index is 9.40. The second-order valence-electron chi connectivity index (χ2n) is 8.88. The molecule has 0 aliphatic carbocycles. The second-order valence-corrected chi connectivity index (χ2v) is 8.88. The van der Waals surface area contributed by atoms with Gasteiger partial charge >= 0.3 is 0 Å². The van der Waals surface area contributed by atoms with Crippen molar-refractivity contribution in [2.75, 3.05) is 0 Å². The minimum absolute atomic E-state index is 0.668. The third-order valence-electron chi connectivity index (χ3n) is 6.88. The molecule has 0 saturated heterocycles. The van der Waals surface area contributed by atoms with Gasteiger partial charge in [0.25, 0.3) is 0 Å². The van der Waals surface area contributed by atoms with Crippen molar-refractivity contribution in [3.63, 3.8) is 0 Å². The lowest BCUT2D eigenvalue weighted by molar-refractivity contribution is 0.670. The van der Waals surface area contributed by atoms with Crippen LogP contribution in [-0.4, -0.2) is 0 Å². The van der Waals surface area contributed by atoms with Crippen molar-refractivity contribution < 1.29 is 4.42 Å². The predicted octanol–water partition coefficient (Wildman–Crippen LogP) is 9.80. The van der Waals surface area contributed by atoms with Gasteiger partial charge < -0.3 is 4.42 Å². The first-order valence-electron chi connectivity index (χ1n) is 11.9. The molecule has 2 nitrogen and oxygen atoms in total. The quantitative estimate of drug-likeness (QED) is 0.142.